The molecule has 0 unspecified atom stereocenters. The number of imide groups is 1. The molecule has 2 rings (SSSR count). The number of hydrogen-bond acceptors (Lipinski definition) is 7. The Labute approximate surface area is 173 Å². The summed E-state index contributed by atoms with van der Waals surface area (Å²) in [5, 5.41) is 0. The number of rotatable bonds is 10. The molecule has 0 aliphatic heterocycles. The number of carbonyl (C=O) groups is 2. The standard InChI is InChI=1S/C20H24N2O4S2/c21-11-13-27-28-14-12-22(19(23)25-15-17-7-3-1-4-8-17)20(24)26-16-18-9-5-2-6-10-18/h1-10H,11-16,21H2. The highest BCUT2D eigenvalue weighted by Crippen LogP contribution is 2.20. The van der Waals surface area contributed by atoms with Crippen molar-refractivity contribution in [2.24, 2.45) is 5.73 Å². The zero-order chi connectivity index (χ0) is 20.0. The molecule has 0 saturated carbocycles. The SMILES string of the molecule is NCCSSCCN(C(=O)OCc1ccccc1)C(=O)OCc1ccccc1. The van der Waals surface area contributed by atoms with Gasteiger partial charge in [0.25, 0.3) is 0 Å². The van der Waals surface area contributed by atoms with Crippen LogP contribution in [0.1, 0.15) is 11.1 Å². The minimum absolute atomic E-state index is 0.0944. The monoisotopic (exact) mass is 420 g/mol. The number of amides is 2. The molecule has 0 bridgehead atoms. The fraction of sp³-hybridized carbons (Fsp3) is 0.300. The highest BCUT2D eigenvalue weighted by atomic mass is 33.1. The van der Waals surface area contributed by atoms with Gasteiger partial charge in [0.2, 0.25) is 0 Å². The molecule has 150 valence electrons. The summed E-state index contributed by atoms with van der Waals surface area (Å²) in [5.41, 5.74) is 7.16. The second kappa shape index (κ2) is 13.1. The van der Waals surface area contributed by atoms with E-state index < -0.39 is 12.2 Å². The van der Waals surface area contributed by atoms with Gasteiger partial charge in [0.05, 0.1) is 0 Å². The van der Waals surface area contributed by atoms with E-state index in [9.17, 15) is 9.59 Å². The minimum Gasteiger partial charge on any atom is -0.444 e. The van der Waals surface area contributed by atoms with Crippen LogP contribution < -0.4 is 5.73 Å². The number of hydrogen-bond donors (Lipinski definition) is 1. The van der Waals surface area contributed by atoms with E-state index in [1.807, 2.05) is 60.7 Å². The smallest absolute Gasteiger partial charge is 0.419 e. The van der Waals surface area contributed by atoms with E-state index in [0.29, 0.717) is 12.3 Å². The van der Waals surface area contributed by atoms with Gasteiger partial charge in [-0.1, -0.05) is 82.3 Å². The molecule has 0 fully saturated rings. The summed E-state index contributed by atoms with van der Waals surface area (Å²) in [6, 6.07) is 18.6. The second-order valence-electron chi connectivity index (χ2n) is 5.66. The molecule has 0 spiro atoms. The third-order valence-electron chi connectivity index (χ3n) is 3.53. The van der Waals surface area contributed by atoms with Gasteiger partial charge in [-0.3, -0.25) is 0 Å². The van der Waals surface area contributed by atoms with Crippen LogP contribution in [0.2, 0.25) is 0 Å². The molecule has 0 aromatic heterocycles. The number of carbonyl (C=O) groups excluding carboxylic acids is 2. The molecule has 0 aliphatic rings. The maximum Gasteiger partial charge on any atom is 0.419 e. The summed E-state index contributed by atoms with van der Waals surface area (Å²) in [7, 11) is 3.15. The molecule has 8 heteroatoms. The van der Waals surface area contributed by atoms with Crippen LogP contribution in [0.3, 0.4) is 0 Å². The van der Waals surface area contributed by atoms with Crippen molar-refractivity contribution in [1.82, 2.24) is 4.90 Å². The van der Waals surface area contributed by atoms with Crippen LogP contribution in [-0.4, -0.2) is 41.7 Å². The van der Waals surface area contributed by atoms with Crippen LogP contribution in [0.15, 0.2) is 60.7 Å². The molecule has 0 radical (unpaired) electrons. The first-order valence-electron chi connectivity index (χ1n) is 8.84. The molecule has 6 nitrogen and oxygen atoms in total. The number of benzene rings is 2. The molecular weight excluding hydrogens is 396 g/mol. The van der Waals surface area contributed by atoms with Crippen molar-refractivity contribution in [1.29, 1.82) is 0 Å². The molecule has 0 heterocycles. The first-order chi connectivity index (χ1) is 13.7. The summed E-state index contributed by atoms with van der Waals surface area (Å²) < 4.78 is 10.6. The predicted octanol–water partition coefficient (Wildman–Crippen LogP) is 4.30. The van der Waals surface area contributed by atoms with Crippen molar-refractivity contribution in [3.05, 3.63) is 71.8 Å². The molecule has 28 heavy (non-hydrogen) atoms. The minimum atomic E-state index is -0.716. The van der Waals surface area contributed by atoms with Gasteiger partial charge < -0.3 is 15.2 Å². The van der Waals surface area contributed by atoms with Gasteiger partial charge in [0.15, 0.2) is 0 Å². The topological polar surface area (TPSA) is 81.9 Å². The van der Waals surface area contributed by atoms with Crippen molar-refractivity contribution in [3.63, 3.8) is 0 Å². The molecule has 2 aromatic rings. The predicted molar refractivity (Wildman–Crippen MR) is 114 cm³/mol. The van der Waals surface area contributed by atoms with Gasteiger partial charge in [0.1, 0.15) is 13.2 Å². The quantitative estimate of drug-likeness (QED) is 0.453. The van der Waals surface area contributed by atoms with Crippen LogP contribution in [0, 0.1) is 0 Å². The van der Waals surface area contributed by atoms with Crippen molar-refractivity contribution >= 4 is 33.8 Å². The summed E-state index contributed by atoms with van der Waals surface area (Å²) in [4.78, 5) is 25.9. The first kappa shape index (κ1) is 22.1. The highest BCUT2D eigenvalue weighted by molar-refractivity contribution is 8.76. The van der Waals surface area contributed by atoms with Crippen molar-refractivity contribution < 1.29 is 19.1 Å². The lowest BCUT2D eigenvalue weighted by molar-refractivity contribution is 0.0719. The zero-order valence-electron chi connectivity index (χ0n) is 15.5. The van der Waals surface area contributed by atoms with Crippen LogP contribution in [0.4, 0.5) is 9.59 Å². The third-order valence-corrected chi connectivity index (χ3v) is 5.95. The molecule has 2 amide bonds. The number of nitrogens with zero attached hydrogens (tertiary/aromatic N) is 1. The Morgan fingerprint density at radius 2 is 1.25 bits per heavy atom. The van der Waals surface area contributed by atoms with Crippen LogP contribution in [0.25, 0.3) is 0 Å². The lowest BCUT2D eigenvalue weighted by atomic mass is 10.2. The van der Waals surface area contributed by atoms with Crippen LogP contribution >= 0.6 is 21.6 Å². The largest absolute Gasteiger partial charge is 0.444 e. The van der Waals surface area contributed by atoms with Gasteiger partial charge in [-0.25, -0.2) is 14.5 Å². The fourth-order valence-electron chi connectivity index (χ4n) is 2.15. The molecule has 2 N–H and O–H groups in total. The second-order valence-corrected chi connectivity index (χ2v) is 8.37. The summed E-state index contributed by atoms with van der Waals surface area (Å²) in [6.45, 7) is 0.970. The molecule has 2 aromatic carbocycles. The Morgan fingerprint density at radius 1 is 0.786 bits per heavy atom. The Balaban J connectivity index is 1.90. The van der Waals surface area contributed by atoms with Gasteiger partial charge in [-0.15, -0.1) is 0 Å². The summed E-state index contributed by atoms with van der Waals surface area (Å²) in [5.74, 6) is 1.37. The number of nitrogens with two attached hydrogens (primary N) is 1. The zero-order valence-corrected chi connectivity index (χ0v) is 17.1. The van der Waals surface area contributed by atoms with E-state index in [0.717, 1.165) is 21.8 Å². The van der Waals surface area contributed by atoms with E-state index in [1.54, 1.807) is 21.6 Å². The Bertz CT molecular complexity index is 661. The maximum atomic E-state index is 12.5. The lowest BCUT2D eigenvalue weighted by Gasteiger charge is -2.20. The maximum absolute atomic E-state index is 12.5. The lowest BCUT2D eigenvalue weighted by Crippen LogP contribution is -2.39. The fourth-order valence-corrected chi connectivity index (χ4v) is 3.95. The van der Waals surface area contributed by atoms with E-state index in [1.165, 1.54) is 0 Å². The Morgan fingerprint density at radius 3 is 1.71 bits per heavy atom. The van der Waals surface area contributed by atoms with Gasteiger partial charge in [-0.05, 0) is 11.1 Å². The van der Waals surface area contributed by atoms with Crippen LogP contribution in [0.5, 0.6) is 0 Å². The third kappa shape index (κ3) is 8.24. The van der Waals surface area contributed by atoms with Crippen LogP contribution in [-0.2, 0) is 22.7 Å². The Hall–Kier alpha value is -2.16. The summed E-state index contributed by atoms with van der Waals surface area (Å²) in [6.07, 6.45) is -1.43. The molecule has 0 saturated heterocycles. The Kier molecular flexibility index (Phi) is 10.3. The van der Waals surface area contributed by atoms with Crippen molar-refractivity contribution in [3.8, 4) is 0 Å². The van der Waals surface area contributed by atoms with Crippen molar-refractivity contribution in [2.75, 3.05) is 24.6 Å². The average Bonchev–Trinajstić information content (AvgIpc) is 2.74. The van der Waals surface area contributed by atoms with Gasteiger partial charge in [0, 0.05) is 24.6 Å². The molecule has 0 atom stereocenters. The normalized spacial score (nSPS) is 10.3. The highest BCUT2D eigenvalue weighted by Gasteiger charge is 2.24. The number of ether oxygens (including phenoxy) is 2. The van der Waals surface area contributed by atoms with E-state index in [4.69, 9.17) is 15.2 Å². The summed E-state index contributed by atoms with van der Waals surface area (Å²) >= 11 is 0. The van der Waals surface area contributed by atoms with E-state index in [-0.39, 0.29) is 19.8 Å². The average molecular weight is 421 g/mol. The van der Waals surface area contributed by atoms with Crippen molar-refractivity contribution in [2.45, 2.75) is 13.2 Å². The van der Waals surface area contributed by atoms with Gasteiger partial charge >= 0.3 is 12.2 Å². The van der Waals surface area contributed by atoms with E-state index >= 15 is 0 Å². The van der Waals surface area contributed by atoms with Gasteiger partial charge in [-0.2, -0.15) is 0 Å². The van der Waals surface area contributed by atoms with E-state index in [2.05, 4.69) is 0 Å². The molecule has 0 aliphatic carbocycles. The first-order valence-corrected chi connectivity index (χ1v) is 11.3. The molecular formula is C20H24N2O4S2.